The van der Waals surface area contributed by atoms with Gasteiger partial charge in [-0.3, -0.25) is 4.79 Å². The Morgan fingerprint density at radius 3 is 2.84 bits per heavy atom. The molecule has 0 unspecified atom stereocenters. The predicted molar refractivity (Wildman–Crippen MR) is 74.2 cm³/mol. The third kappa shape index (κ3) is 3.61. The van der Waals surface area contributed by atoms with Gasteiger partial charge < -0.3 is 5.32 Å². The number of carbonyl (C=O) groups excluding carboxylic acids is 1. The minimum absolute atomic E-state index is 0.0328. The number of nitrogens with zero attached hydrogens (tertiary/aromatic N) is 1. The lowest BCUT2D eigenvalue weighted by molar-refractivity contribution is -0.253. The zero-order valence-electron chi connectivity index (χ0n) is 11.6. The van der Waals surface area contributed by atoms with Crippen molar-refractivity contribution in [1.29, 1.82) is 0 Å². The van der Waals surface area contributed by atoms with Crippen LogP contribution >= 0.6 is 11.6 Å². The summed E-state index contributed by atoms with van der Waals surface area (Å²) in [6.45, 7) is 2.86. The number of nitrogens with one attached hydrogen (secondary N) is 1. The van der Waals surface area contributed by atoms with Gasteiger partial charge >= 0.3 is 0 Å². The van der Waals surface area contributed by atoms with Crippen LogP contribution in [0.5, 0.6) is 0 Å². The molecule has 1 N–H and O–H groups in total. The Balaban J connectivity index is 1.87. The quantitative estimate of drug-likeness (QED) is 0.624. The number of halogens is 1. The van der Waals surface area contributed by atoms with Crippen molar-refractivity contribution in [2.75, 3.05) is 6.54 Å². The van der Waals surface area contributed by atoms with Crippen LogP contribution in [0.2, 0.25) is 0 Å². The highest BCUT2D eigenvalue weighted by atomic mass is 35.5. The van der Waals surface area contributed by atoms with Crippen LogP contribution in [-0.2, 0) is 10.0 Å². The third-order valence-electron chi connectivity index (χ3n) is 4.40. The fourth-order valence-corrected chi connectivity index (χ4v) is 3.69. The molecule has 0 aromatic rings. The molecule has 4 nitrogen and oxygen atoms in total. The number of hydrogen-bond acceptors (Lipinski definition) is 2. The first kappa shape index (κ1) is 15.1. The number of rotatable bonds is 5. The Labute approximate surface area is 120 Å². The van der Waals surface area contributed by atoms with Gasteiger partial charge in [-0.15, -0.1) is 21.9 Å². The van der Waals surface area contributed by atoms with Crippen LogP contribution in [0.25, 0.3) is 0 Å². The van der Waals surface area contributed by atoms with E-state index in [-0.39, 0.29) is 29.3 Å². The molecule has 0 aromatic heterocycles. The number of amides is 1. The Hall–Kier alpha value is -0.320. The molecule has 0 spiro atoms. The van der Waals surface area contributed by atoms with Crippen molar-refractivity contribution in [3.8, 4) is 0 Å². The average molecular weight is 288 g/mol. The summed E-state index contributed by atoms with van der Waals surface area (Å²) in [4.78, 5) is 12.2. The Morgan fingerprint density at radius 1 is 1.32 bits per heavy atom. The van der Waals surface area contributed by atoms with Gasteiger partial charge in [-0.25, -0.2) is 0 Å². The van der Waals surface area contributed by atoms with Gasteiger partial charge in [0.25, 0.3) is 0 Å². The molecule has 2 saturated heterocycles. The van der Waals surface area contributed by atoms with Gasteiger partial charge in [-0.05, 0) is 32.1 Å². The van der Waals surface area contributed by atoms with E-state index in [1.54, 1.807) is 0 Å². The van der Waals surface area contributed by atoms with E-state index < -0.39 is 0 Å². The maximum atomic E-state index is 12.2. The summed E-state index contributed by atoms with van der Waals surface area (Å²) in [7, 11) is 0. The van der Waals surface area contributed by atoms with Crippen molar-refractivity contribution in [3.63, 3.8) is 0 Å². The van der Waals surface area contributed by atoms with Gasteiger partial charge in [0.1, 0.15) is 0 Å². The van der Waals surface area contributed by atoms with E-state index in [9.17, 15) is 10.0 Å². The summed E-state index contributed by atoms with van der Waals surface area (Å²) < 4.78 is 0. The number of fused-ring (bicyclic) bond motifs is 2. The van der Waals surface area contributed by atoms with E-state index >= 15 is 0 Å². The molecule has 2 aliphatic heterocycles. The fourth-order valence-electron chi connectivity index (χ4n) is 3.31. The molecule has 19 heavy (non-hydrogen) atoms. The molecule has 2 bridgehead atoms. The maximum Gasteiger partial charge on any atom is 0.224 e. The highest BCUT2D eigenvalue weighted by Crippen LogP contribution is 2.38. The number of piperidine rings is 2. The molecular weight excluding hydrogens is 264 g/mol. The number of carbonyl (C=O) groups is 1. The molecule has 0 aromatic carbocycles. The predicted octanol–water partition coefficient (Wildman–Crippen LogP) is 2.49. The van der Waals surface area contributed by atoms with E-state index in [1.807, 2.05) is 0 Å². The van der Waals surface area contributed by atoms with Gasteiger partial charge in [0.2, 0.25) is 5.91 Å². The number of hydrogen-bond donors (Lipinski definition) is 1. The van der Waals surface area contributed by atoms with Gasteiger partial charge in [0.15, 0.2) is 0 Å². The van der Waals surface area contributed by atoms with E-state index in [0.29, 0.717) is 6.42 Å². The van der Waals surface area contributed by atoms with Crippen molar-refractivity contribution >= 4 is 17.5 Å². The van der Waals surface area contributed by atoms with E-state index in [4.69, 9.17) is 11.6 Å². The second-order valence-corrected chi connectivity index (χ2v) is 6.45. The molecule has 2 aliphatic rings. The molecule has 109 valence electrons. The van der Waals surface area contributed by atoms with Crippen molar-refractivity contribution in [2.45, 2.75) is 69.3 Å². The number of alkyl halides is 1. The summed E-state index contributed by atoms with van der Waals surface area (Å²) in [5.41, 5.74) is 0. The van der Waals surface area contributed by atoms with Crippen LogP contribution in [-0.4, -0.2) is 35.0 Å². The lowest BCUT2D eigenvalue weighted by atomic mass is 9.78. The second-order valence-electron chi connectivity index (χ2n) is 5.83. The minimum Gasteiger partial charge on any atom is -0.356 e. The maximum absolute atomic E-state index is 12.2. The Morgan fingerprint density at radius 2 is 2.11 bits per heavy atom. The number of unbranched alkanes of at least 4 members (excludes halogenated alkanes) is 2. The van der Waals surface area contributed by atoms with Crippen LogP contribution in [0.4, 0.5) is 0 Å². The SMILES string of the molecule is CCCCCNC(=O)[C@H]1CC[C@H]2C[C@H](Cl)C[C@@H]1N2[O]. The van der Waals surface area contributed by atoms with Crippen molar-refractivity contribution in [1.82, 2.24) is 10.4 Å². The van der Waals surface area contributed by atoms with Crippen LogP contribution < -0.4 is 5.32 Å². The van der Waals surface area contributed by atoms with Crippen molar-refractivity contribution < 1.29 is 10.0 Å². The van der Waals surface area contributed by atoms with Crippen LogP contribution in [0.3, 0.4) is 0 Å². The van der Waals surface area contributed by atoms with E-state index in [0.717, 1.165) is 50.1 Å². The average Bonchev–Trinajstić information content (AvgIpc) is 2.36. The summed E-state index contributed by atoms with van der Waals surface area (Å²) in [5, 5.41) is 16.3. The van der Waals surface area contributed by atoms with Crippen LogP contribution in [0, 0.1) is 5.92 Å². The molecule has 5 heteroatoms. The van der Waals surface area contributed by atoms with Gasteiger partial charge in [0.05, 0.1) is 12.0 Å². The van der Waals surface area contributed by atoms with Crippen LogP contribution in [0.1, 0.15) is 51.9 Å². The molecule has 2 heterocycles. The highest BCUT2D eigenvalue weighted by Gasteiger charge is 2.45. The molecular formula is C14H24ClN2O2. The Bertz CT molecular complexity index is 314. The Kier molecular flexibility index (Phi) is 5.48. The lowest BCUT2D eigenvalue weighted by Gasteiger charge is -2.45. The second kappa shape index (κ2) is 6.91. The van der Waals surface area contributed by atoms with Crippen molar-refractivity contribution in [2.24, 2.45) is 5.92 Å². The van der Waals surface area contributed by atoms with E-state index in [2.05, 4.69) is 12.2 Å². The van der Waals surface area contributed by atoms with Crippen LogP contribution in [0.15, 0.2) is 0 Å². The molecule has 2 rings (SSSR count). The smallest absolute Gasteiger partial charge is 0.224 e. The zero-order valence-corrected chi connectivity index (χ0v) is 12.4. The summed E-state index contributed by atoms with van der Waals surface area (Å²) in [6.07, 6.45) is 6.34. The monoisotopic (exact) mass is 287 g/mol. The molecule has 0 saturated carbocycles. The minimum atomic E-state index is -0.207. The highest BCUT2D eigenvalue weighted by molar-refractivity contribution is 6.20. The summed E-state index contributed by atoms with van der Waals surface area (Å²) in [6, 6.07) is -0.174. The van der Waals surface area contributed by atoms with E-state index in [1.165, 1.54) is 0 Å². The first-order valence-electron chi connectivity index (χ1n) is 7.50. The largest absolute Gasteiger partial charge is 0.356 e. The summed E-state index contributed by atoms with van der Waals surface area (Å²) in [5.74, 6) is -0.122. The van der Waals surface area contributed by atoms with Gasteiger partial charge in [-0.2, -0.15) is 0 Å². The molecule has 1 amide bonds. The molecule has 2 fully saturated rings. The zero-order chi connectivity index (χ0) is 13.8. The lowest BCUT2D eigenvalue weighted by Crippen LogP contribution is -2.57. The third-order valence-corrected chi connectivity index (χ3v) is 4.76. The van der Waals surface area contributed by atoms with Gasteiger partial charge in [-0.1, -0.05) is 19.8 Å². The normalized spacial score (nSPS) is 35.1. The molecule has 4 atom stereocenters. The fraction of sp³-hybridized carbons (Fsp3) is 0.929. The van der Waals surface area contributed by atoms with Crippen molar-refractivity contribution in [3.05, 3.63) is 0 Å². The molecule has 0 aliphatic carbocycles. The topological polar surface area (TPSA) is 52.2 Å². The first-order valence-corrected chi connectivity index (χ1v) is 7.94. The number of hydroxylamine groups is 2. The first-order chi connectivity index (χ1) is 9.13. The standard InChI is InChI=1S/C14H24ClN2O2/c1-2-3-4-7-16-14(18)12-6-5-11-8-10(15)9-13(12)17(11)19/h10-13H,2-9H2,1H3,(H,16,18)/t10-,11-,12-,13-/m0/s1. The summed E-state index contributed by atoms with van der Waals surface area (Å²) >= 11 is 6.20. The molecule has 1 radical (unpaired) electrons. The van der Waals surface area contributed by atoms with Gasteiger partial charge in [0, 0.05) is 18.0 Å².